The summed E-state index contributed by atoms with van der Waals surface area (Å²) in [6, 6.07) is 15.5. The van der Waals surface area contributed by atoms with Crippen molar-refractivity contribution in [3.63, 3.8) is 0 Å². The predicted molar refractivity (Wildman–Crippen MR) is 95.2 cm³/mol. The normalized spacial score (nSPS) is 10.7. The van der Waals surface area contributed by atoms with Crippen LogP contribution in [0.15, 0.2) is 48.5 Å². The van der Waals surface area contributed by atoms with Gasteiger partial charge in [-0.25, -0.2) is 4.98 Å². The van der Waals surface area contributed by atoms with Crippen LogP contribution in [0.1, 0.15) is 19.3 Å². The van der Waals surface area contributed by atoms with Gasteiger partial charge in [0.25, 0.3) is 0 Å². The van der Waals surface area contributed by atoms with Gasteiger partial charge in [-0.15, -0.1) is 11.3 Å². The van der Waals surface area contributed by atoms with Gasteiger partial charge in [-0.3, -0.25) is 9.59 Å². The number of carbonyl (C=O) groups excluding carboxylic acids is 1. The summed E-state index contributed by atoms with van der Waals surface area (Å²) in [4.78, 5) is 26.8. The minimum Gasteiger partial charge on any atom is -0.481 e. The quantitative estimate of drug-likeness (QED) is 0.706. The third-order valence-electron chi connectivity index (χ3n) is 3.50. The smallest absolute Gasteiger partial charge is 0.303 e. The van der Waals surface area contributed by atoms with E-state index < -0.39 is 5.97 Å². The Labute approximate surface area is 143 Å². The topological polar surface area (TPSA) is 79.3 Å². The number of nitrogens with one attached hydrogen (secondary N) is 1. The second-order valence-electron chi connectivity index (χ2n) is 5.36. The standard InChI is InChI=1S/C18H16N2O3S/c21-16(6-3-7-17(22)23)19-13-10-8-12(9-11-13)18-20-14-4-1-2-5-15(14)24-18/h1-2,4-5,8-11H,3,6-7H2,(H,19,21)(H,22,23). The molecule has 0 aliphatic rings. The number of thiazole rings is 1. The van der Waals surface area contributed by atoms with Gasteiger partial charge in [0, 0.05) is 24.1 Å². The van der Waals surface area contributed by atoms with Crippen LogP contribution in [0.5, 0.6) is 0 Å². The van der Waals surface area contributed by atoms with Crippen molar-refractivity contribution in [2.24, 2.45) is 0 Å². The Morgan fingerprint density at radius 1 is 1.04 bits per heavy atom. The molecule has 0 atom stereocenters. The summed E-state index contributed by atoms with van der Waals surface area (Å²) >= 11 is 1.63. The molecule has 122 valence electrons. The molecule has 1 amide bonds. The van der Waals surface area contributed by atoms with Crippen molar-refractivity contribution in [2.75, 3.05) is 5.32 Å². The van der Waals surface area contributed by atoms with E-state index >= 15 is 0 Å². The first-order valence-electron chi connectivity index (χ1n) is 7.59. The number of benzene rings is 2. The van der Waals surface area contributed by atoms with Gasteiger partial charge in [-0.05, 0) is 42.8 Å². The zero-order valence-electron chi connectivity index (χ0n) is 12.9. The Hall–Kier alpha value is -2.73. The maximum atomic E-state index is 11.8. The Balaban J connectivity index is 1.64. The number of hydrogen-bond donors (Lipinski definition) is 2. The van der Waals surface area contributed by atoms with Gasteiger partial charge in [0.15, 0.2) is 0 Å². The molecule has 0 aliphatic carbocycles. The number of carboxylic acids is 1. The highest BCUT2D eigenvalue weighted by Gasteiger charge is 2.07. The highest BCUT2D eigenvalue weighted by Crippen LogP contribution is 2.30. The monoisotopic (exact) mass is 340 g/mol. The summed E-state index contributed by atoms with van der Waals surface area (Å²) in [7, 11) is 0. The molecular formula is C18H16N2O3S. The molecule has 0 saturated heterocycles. The van der Waals surface area contributed by atoms with Crippen LogP contribution >= 0.6 is 11.3 Å². The lowest BCUT2D eigenvalue weighted by atomic mass is 10.2. The van der Waals surface area contributed by atoms with E-state index in [0.29, 0.717) is 12.1 Å². The highest BCUT2D eigenvalue weighted by atomic mass is 32.1. The molecule has 3 rings (SSSR count). The fourth-order valence-electron chi connectivity index (χ4n) is 2.32. The van der Waals surface area contributed by atoms with Crippen molar-refractivity contribution in [3.05, 3.63) is 48.5 Å². The average Bonchev–Trinajstić information content (AvgIpc) is 2.99. The van der Waals surface area contributed by atoms with Gasteiger partial charge in [-0.2, -0.15) is 0 Å². The second kappa shape index (κ2) is 7.23. The molecule has 5 nitrogen and oxygen atoms in total. The van der Waals surface area contributed by atoms with Gasteiger partial charge in [0.1, 0.15) is 5.01 Å². The summed E-state index contributed by atoms with van der Waals surface area (Å²) in [6.45, 7) is 0. The summed E-state index contributed by atoms with van der Waals surface area (Å²) in [6.07, 6.45) is 0.543. The molecule has 0 spiro atoms. The van der Waals surface area contributed by atoms with Crippen molar-refractivity contribution < 1.29 is 14.7 Å². The van der Waals surface area contributed by atoms with Crippen LogP contribution in [-0.4, -0.2) is 22.0 Å². The minimum atomic E-state index is -0.886. The first-order valence-corrected chi connectivity index (χ1v) is 8.41. The SMILES string of the molecule is O=C(O)CCCC(=O)Nc1ccc(-c2nc3ccccc3s2)cc1. The molecule has 0 saturated carbocycles. The molecule has 0 fully saturated rings. The van der Waals surface area contributed by atoms with E-state index in [1.54, 1.807) is 11.3 Å². The number of carboxylic acid groups (broad SMARTS) is 1. The summed E-state index contributed by atoms with van der Waals surface area (Å²) in [5.41, 5.74) is 2.67. The van der Waals surface area contributed by atoms with E-state index in [2.05, 4.69) is 10.3 Å². The molecule has 0 radical (unpaired) electrons. The zero-order chi connectivity index (χ0) is 16.9. The largest absolute Gasteiger partial charge is 0.481 e. The van der Waals surface area contributed by atoms with Gasteiger partial charge < -0.3 is 10.4 Å². The van der Waals surface area contributed by atoms with Crippen molar-refractivity contribution in [3.8, 4) is 10.6 Å². The number of fused-ring (bicyclic) bond motifs is 1. The number of nitrogens with zero attached hydrogens (tertiary/aromatic N) is 1. The van der Waals surface area contributed by atoms with Crippen molar-refractivity contribution in [2.45, 2.75) is 19.3 Å². The number of amides is 1. The summed E-state index contributed by atoms with van der Waals surface area (Å²) in [5, 5.41) is 12.3. The Kier molecular flexibility index (Phi) is 4.86. The van der Waals surface area contributed by atoms with Crippen molar-refractivity contribution >= 4 is 39.1 Å². The van der Waals surface area contributed by atoms with E-state index in [9.17, 15) is 9.59 Å². The van der Waals surface area contributed by atoms with Crippen LogP contribution in [0.3, 0.4) is 0 Å². The number of rotatable bonds is 6. The Morgan fingerprint density at radius 3 is 2.50 bits per heavy atom. The Morgan fingerprint density at radius 2 is 1.79 bits per heavy atom. The average molecular weight is 340 g/mol. The van der Waals surface area contributed by atoms with Crippen LogP contribution in [0.2, 0.25) is 0 Å². The molecule has 0 unspecified atom stereocenters. The number of carbonyl (C=O) groups is 2. The van der Waals surface area contributed by atoms with Gasteiger partial charge >= 0.3 is 5.97 Å². The molecule has 2 aromatic carbocycles. The predicted octanol–water partition coefficient (Wildman–Crippen LogP) is 4.16. The highest BCUT2D eigenvalue weighted by molar-refractivity contribution is 7.21. The lowest BCUT2D eigenvalue weighted by Gasteiger charge is -2.05. The molecule has 24 heavy (non-hydrogen) atoms. The van der Waals surface area contributed by atoms with E-state index in [1.165, 1.54) is 0 Å². The molecular weight excluding hydrogens is 324 g/mol. The number of aliphatic carboxylic acids is 1. The van der Waals surface area contributed by atoms with Crippen LogP contribution in [-0.2, 0) is 9.59 Å². The number of aromatic nitrogens is 1. The van der Waals surface area contributed by atoms with Gasteiger partial charge in [-0.1, -0.05) is 12.1 Å². The fraction of sp³-hybridized carbons (Fsp3) is 0.167. The van der Waals surface area contributed by atoms with E-state index in [0.717, 1.165) is 20.8 Å². The van der Waals surface area contributed by atoms with Crippen LogP contribution in [0, 0.1) is 0 Å². The fourth-order valence-corrected chi connectivity index (χ4v) is 3.29. The van der Waals surface area contributed by atoms with Gasteiger partial charge in [0.05, 0.1) is 10.2 Å². The number of hydrogen-bond acceptors (Lipinski definition) is 4. The lowest BCUT2D eigenvalue weighted by Crippen LogP contribution is -2.11. The molecule has 6 heteroatoms. The van der Waals surface area contributed by atoms with Crippen LogP contribution in [0.25, 0.3) is 20.8 Å². The molecule has 0 aliphatic heterocycles. The summed E-state index contributed by atoms with van der Waals surface area (Å²) < 4.78 is 1.14. The van der Waals surface area contributed by atoms with E-state index in [4.69, 9.17) is 5.11 Å². The van der Waals surface area contributed by atoms with E-state index in [-0.39, 0.29) is 18.7 Å². The Bertz CT molecular complexity index is 838. The van der Waals surface area contributed by atoms with Crippen LogP contribution in [0.4, 0.5) is 5.69 Å². The molecule has 0 bridgehead atoms. The lowest BCUT2D eigenvalue weighted by molar-refractivity contribution is -0.137. The maximum absolute atomic E-state index is 11.8. The van der Waals surface area contributed by atoms with Crippen LogP contribution < -0.4 is 5.32 Å². The van der Waals surface area contributed by atoms with Gasteiger partial charge in [0.2, 0.25) is 5.91 Å². The van der Waals surface area contributed by atoms with E-state index in [1.807, 2.05) is 48.5 Å². The van der Waals surface area contributed by atoms with Crippen molar-refractivity contribution in [1.29, 1.82) is 0 Å². The first kappa shape index (κ1) is 16.1. The molecule has 1 heterocycles. The second-order valence-corrected chi connectivity index (χ2v) is 6.39. The first-order chi connectivity index (χ1) is 11.6. The van der Waals surface area contributed by atoms with Crippen molar-refractivity contribution in [1.82, 2.24) is 4.98 Å². The number of anilines is 1. The third-order valence-corrected chi connectivity index (χ3v) is 4.59. The zero-order valence-corrected chi connectivity index (χ0v) is 13.7. The minimum absolute atomic E-state index is 0.00393. The maximum Gasteiger partial charge on any atom is 0.303 e. The third kappa shape index (κ3) is 3.97. The molecule has 1 aromatic heterocycles. The molecule has 3 aromatic rings. The summed E-state index contributed by atoms with van der Waals surface area (Å²) in [5.74, 6) is -1.06. The molecule has 2 N–H and O–H groups in total. The number of para-hydroxylation sites is 1.